The van der Waals surface area contributed by atoms with E-state index in [1.165, 1.54) is 6.08 Å². The molecule has 5 aromatic rings. The fourth-order valence-electron chi connectivity index (χ4n) is 7.23. The van der Waals surface area contributed by atoms with Crippen LogP contribution >= 0.6 is 0 Å². The monoisotopic (exact) mass is 848 g/mol. The highest BCUT2D eigenvalue weighted by atomic mass is 16.5. The number of ketones is 1. The van der Waals surface area contributed by atoms with Gasteiger partial charge in [0.05, 0.1) is 0 Å². The Bertz CT molecular complexity index is 2160. The lowest BCUT2D eigenvalue weighted by atomic mass is 9.77. The van der Waals surface area contributed by atoms with E-state index in [1.54, 1.807) is 6.08 Å². The number of nitrogens with one attached hydrogen (secondary N) is 4. The summed E-state index contributed by atoms with van der Waals surface area (Å²) in [4.78, 5) is 68.9. The number of alkyl carbamates (subject to hydrolysis) is 1. The van der Waals surface area contributed by atoms with Gasteiger partial charge < -0.3 is 26.0 Å². The van der Waals surface area contributed by atoms with Crippen molar-refractivity contribution in [2.24, 2.45) is 11.3 Å². The molecule has 0 aliphatic rings. The van der Waals surface area contributed by atoms with Gasteiger partial charge in [0.1, 0.15) is 24.2 Å². The van der Waals surface area contributed by atoms with Crippen LogP contribution in [0.15, 0.2) is 164 Å². The Kier molecular flexibility index (Phi) is 17.1. The molecular weight excluding hydrogens is 789 g/mol. The van der Waals surface area contributed by atoms with Crippen molar-refractivity contribution in [3.8, 4) is 0 Å². The van der Waals surface area contributed by atoms with Gasteiger partial charge in [0.15, 0.2) is 5.78 Å². The molecule has 4 amide bonds. The molecule has 0 spiro atoms. The Hall–Kier alpha value is -6.81. The van der Waals surface area contributed by atoms with Gasteiger partial charge in [-0.15, -0.1) is 0 Å². The molecule has 0 radical (unpaired) electrons. The Morgan fingerprint density at radius 1 is 0.587 bits per heavy atom. The average Bonchev–Trinajstić information content (AvgIpc) is 3.28. The highest BCUT2D eigenvalue weighted by Crippen LogP contribution is 2.37. The third kappa shape index (κ3) is 14.1. The van der Waals surface area contributed by atoms with Gasteiger partial charge in [-0.25, -0.2) is 4.79 Å². The number of hydrogen-bond acceptors (Lipinski definition) is 6. The highest BCUT2D eigenvalue weighted by molar-refractivity contribution is 5.94. The fourth-order valence-corrected chi connectivity index (χ4v) is 7.23. The van der Waals surface area contributed by atoms with Gasteiger partial charge in [0, 0.05) is 24.3 Å². The quantitative estimate of drug-likeness (QED) is 0.0457. The summed E-state index contributed by atoms with van der Waals surface area (Å²) in [6, 6.07) is 45.0. The SMILES string of the molecule is CC(C)C[C@H](NC(=O)OCc1ccccc1)C(=O)N[C@@H](Cc1ccccc1)C(=O)N[C@H](/C=C/C(=O)C(C)(C)C)CCC(=O)NC(c1ccccc1)(c1ccccc1)c1ccccc1. The molecule has 10 nitrogen and oxygen atoms in total. The lowest BCUT2D eigenvalue weighted by Crippen LogP contribution is -2.55. The molecule has 0 saturated heterocycles. The molecule has 0 heterocycles. The van der Waals surface area contributed by atoms with Crippen molar-refractivity contribution in [1.82, 2.24) is 21.3 Å². The van der Waals surface area contributed by atoms with E-state index in [1.807, 2.05) is 186 Å². The predicted octanol–water partition coefficient (Wildman–Crippen LogP) is 8.60. The highest BCUT2D eigenvalue weighted by Gasteiger charge is 2.38. The van der Waals surface area contributed by atoms with Gasteiger partial charge >= 0.3 is 6.09 Å². The topological polar surface area (TPSA) is 143 Å². The van der Waals surface area contributed by atoms with E-state index in [-0.39, 0.29) is 49.9 Å². The number of allylic oxidation sites excluding steroid dienone is 1. The number of ether oxygens (including phenoxy) is 1. The molecule has 3 atom stereocenters. The van der Waals surface area contributed by atoms with Crippen molar-refractivity contribution in [1.29, 1.82) is 0 Å². The molecule has 63 heavy (non-hydrogen) atoms. The van der Waals surface area contributed by atoms with Crippen LogP contribution in [0.4, 0.5) is 4.79 Å². The van der Waals surface area contributed by atoms with Crippen molar-refractivity contribution in [2.75, 3.05) is 0 Å². The zero-order chi connectivity index (χ0) is 45.2. The maximum Gasteiger partial charge on any atom is 0.408 e. The normalized spacial score (nSPS) is 13.0. The first-order valence-electron chi connectivity index (χ1n) is 21.6. The van der Waals surface area contributed by atoms with Crippen molar-refractivity contribution >= 4 is 29.6 Å². The lowest BCUT2D eigenvalue weighted by Gasteiger charge is -2.37. The van der Waals surface area contributed by atoms with Crippen molar-refractivity contribution in [3.63, 3.8) is 0 Å². The lowest BCUT2D eigenvalue weighted by molar-refractivity contribution is -0.130. The number of carbonyl (C=O) groups is 5. The Labute approximate surface area is 371 Å². The van der Waals surface area contributed by atoms with Crippen LogP contribution in [0.1, 0.15) is 81.7 Å². The van der Waals surface area contributed by atoms with E-state index >= 15 is 0 Å². The molecule has 5 aromatic carbocycles. The standard InChI is InChI=1S/C53H60N4O6/c1-38(2)35-45(56-51(62)63-37-40-23-13-7-14-24-40)50(61)55-46(36-39-21-11-6-12-22-39)49(60)54-44(31-33-47(58)52(3,4)5)32-34-48(59)57-53(41-25-15-8-16-26-41,42-27-17-9-18-28-42)43-29-19-10-20-30-43/h6-31,33,38,44-46H,32,34-37H2,1-5H3,(H,54,60)(H,55,61)(H,56,62)(H,57,59)/b33-31+/t44-,45+,46+/m1/s1. The Balaban J connectivity index is 1.39. The molecule has 0 saturated carbocycles. The predicted molar refractivity (Wildman–Crippen MR) is 247 cm³/mol. The number of carbonyl (C=O) groups excluding carboxylic acids is 5. The van der Waals surface area contributed by atoms with Gasteiger partial charge in [0.2, 0.25) is 17.7 Å². The van der Waals surface area contributed by atoms with Crippen LogP contribution in [0, 0.1) is 11.3 Å². The third-order valence-corrected chi connectivity index (χ3v) is 10.6. The Morgan fingerprint density at radius 2 is 1.05 bits per heavy atom. The third-order valence-electron chi connectivity index (χ3n) is 10.6. The molecule has 0 unspecified atom stereocenters. The van der Waals surface area contributed by atoms with E-state index in [9.17, 15) is 24.0 Å². The van der Waals surface area contributed by atoms with Crippen LogP contribution in [0.3, 0.4) is 0 Å². The maximum atomic E-state index is 14.4. The molecule has 0 fully saturated rings. The summed E-state index contributed by atoms with van der Waals surface area (Å²) in [5.74, 6) is -1.49. The smallest absolute Gasteiger partial charge is 0.408 e. The minimum absolute atomic E-state index is 0.0157. The number of rotatable bonds is 20. The van der Waals surface area contributed by atoms with Crippen LogP contribution in [-0.2, 0) is 42.5 Å². The van der Waals surface area contributed by atoms with E-state index in [0.717, 1.165) is 27.8 Å². The molecule has 10 heteroatoms. The number of amides is 4. The fraction of sp³-hybridized carbons (Fsp3) is 0.302. The van der Waals surface area contributed by atoms with Crippen LogP contribution in [-0.4, -0.2) is 47.7 Å². The van der Waals surface area contributed by atoms with Gasteiger partial charge in [-0.1, -0.05) is 192 Å². The summed E-state index contributed by atoms with van der Waals surface area (Å²) in [7, 11) is 0. The molecule has 0 aliphatic carbocycles. The van der Waals surface area contributed by atoms with Crippen LogP contribution in [0.2, 0.25) is 0 Å². The van der Waals surface area contributed by atoms with Crippen LogP contribution < -0.4 is 21.3 Å². The second-order valence-corrected chi connectivity index (χ2v) is 17.2. The van der Waals surface area contributed by atoms with Gasteiger partial charge in [-0.05, 0) is 52.7 Å². The first-order chi connectivity index (χ1) is 30.2. The summed E-state index contributed by atoms with van der Waals surface area (Å²) < 4.78 is 5.44. The van der Waals surface area contributed by atoms with Crippen LogP contribution in [0.5, 0.6) is 0 Å². The minimum atomic E-state index is -1.08. The van der Waals surface area contributed by atoms with Crippen LogP contribution in [0.25, 0.3) is 0 Å². The van der Waals surface area contributed by atoms with E-state index in [2.05, 4.69) is 21.3 Å². The molecule has 0 aromatic heterocycles. The summed E-state index contributed by atoms with van der Waals surface area (Å²) >= 11 is 0. The van der Waals surface area contributed by atoms with Gasteiger partial charge in [0.25, 0.3) is 0 Å². The van der Waals surface area contributed by atoms with Crippen molar-refractivity contribution < 1.29 is 28.7 Å². The van der Waals surface area contributed by atoms with Crippen molar-refractivity contribution in [2.45, 2.75) is 90.6 Å². The molecular formula is C53H60N4O6. The minimum Gasteiger partial charge on any atom is -0.445 e. The first kappa shape index (κ1) is 47.2. The summed E-state index contributed by atoms with van der Waals surface area (Å²) in [5.41, 5.74) is 2.46. The number of benzene rings is 5. The molecule has 0 aliphatic heterocycles. The maximum absolute atomic E-state index is 14.4. The number of hydrogen-bond donors (Lipinski definition) is 4. The van der Waals surface area contributed by atoms with E-state index < -0.39 is 47.0 Å². The van der Waals surface area contributed by atoms with E-state index in [4.69, 9.17) is 4.74 Å². The summed E-state index contributed by atoms with van der Waals surface area (Å²) in [6.07, 6.45) is 2.84. The molecule has 328 valence electrons. The first-order valence-corrected chi connectivity index (χ1v) is 21.6. The second-order valence-electron chi connectivity index (χ2n) is 17.2. The second kappa shape index (κ2) is 22.9. The van der Waals surface area contributed by atoms with Crippen molar-refractivity contribution in [3.05, 3.63) is 192 Å². The van der Waals surface area contributed by atoms with E-state index in [0.29, 0.717) is 0 Å². The zero-order valence-corrected chi connectivity index (χ0v) is 36.9. The zero-order valence-electron chi connectivity index (χ0n) is 36.9. The Morgan fingerprint density at radius 3 is 1.52 bits per heavy atom. The van der Waals surface area contributed by atoms with Gasteiger partial charge in [-0.3, -0.25) is 19.2 Å². The average molecular weight is 849 g/mol. The molecule has 5 rings (SSSR count). The molecule has 0 bridgehead atoms. The molecule has 4 N–H and O–H groups in total. The summed E-state index contributed by atoms with van der Waals surface area (Å²) in [5, 5.41) is 12.0. The largest absolute Gasteiger partial charge is 0.445 e. The van der Waals surface area contributed by atoms with Gasteiger partial charge in [-0.2, -0.15) is 0 Å². The summed E-state index contributed by atoms with van der Waals surface area (Å²) in [6.45, 7) is 9.31.